The Morgan fingerprint density at radius 1 is 1.09 bits per heavy atom. The average molecular weight is 312 g/mol. The molecule has 0 spiro atoms. The van der Waals surface area contributed by atoms with Gasteiger partial charge in [-0.1, -0.05) is 42.5 Å². The number of carbonyl (C=O) groups excluding carboxylic acids is 2. The van der Waals surface area contributed by atoms with Crippen molar-refractivity contribution in [1.29, 1.82) is 0 Å². The lowest BCUT2D eigenvalue weighted by Gasteiger charge is -2.15. The van der Waals surface area contributed by atoms with Crippen molar-refractivity contribution in [2.45, 2.75) is 18.6 Å². The molecule has 0 bridgehead atoms. The molecule has 1 aliphatic rings. The summed E-state index contributed by atoms with van der Waals surface area (Å²) in [7, 11) is 0. The molecule has 0 aliphatic carbocycles. The molecule has 0 amide bonds. The van der Waals surface area contributed by atoms with E-state index in [-0.39, 0.29) is 13.0 Å². The van der Waals surface area contributed by atoms with Crippen molar-refractivity contribution in [3.8, 4) is 11.1 Å². The number of hydrogen-bond acceptors (Lipinski definition) is 5. The lowest BCUT2D eigenvalue weighted by atomic mass is 10.0. The first kappa shape index (κ1) is 15.2. The van der Waals surface area contributed by atoms with E-state index in [1.807, 2.05) is 42.5 Å². The van der Waals surface area contributed by atoms with Crippen LogP contribution in [0.4, 0.5) is 0 Å². The fourth-order valence-electron chi connectivity index (χ4n) is 2.50. The van der Waals surface area contributed by atoms with Crippen LogP contribution in [0.15, 0.2) is 54.6 Å². The van der Waals surface area contributed by atoms with Gasteiger partial charge in [-0.3, -0.25) is 4.79 Å². The molecule has 0 saturated carbocycles. The highest BCUT2D eigenvalue weighted by Crippen LogP contribution is 2.22. The summed E-state index contributed by atoms with van der Waals surface area (Å²) in [4.78, 5) is 23.4. The lowest BCUT2D eigenvalue weighted by Crippen LogP contribution is -2.30. The summed E-state index contributed by atoms with van der Waals surface area (Å²) < 4.78 is 10.1. The minimum Gasteiger partial charge on any atom is -0.456 e. The Bertz CT molecular complexity index is 693. The molecule has 5 heteroatoms. The van der Waals surface area contributed by atoms with Crippen molar-refractivity contribution in [2.24, 2.45) is 0 Å². The van der Waals surface area contributed by atoms with E-state index in [1.165, 1.54) is 0 Å². The summed E-state index contributed by atoms with van der Waals surface area (Å²) in [5.41, 5.74) is 2.44. The molecule has 5 nitrogen and oxygen atoms in total. The Labute approximate surface area is 133 Å². The molecule has 0 unspecified atom stereocenters. The normalized spacial score (nSPS) is 20.1. The van der Waals surface area contributed by atoms with E-state index in [2.05, 4.69) is 0 Å². The number of benzene rings is 2. The Morgan fingerprint density at radius 3 is 2.39 bits per heavy atom. The minimum atomic E-state index is -0.782. The van der Waals surface area contributed by atoms with Gasteiger partial charge in [-0.25, -0.2) is 4.79 Å². The zero-order valence-corrected chi connectivity index (χ0v) is 12.3. The van der Waals surface area contributed by atoms with Gasteiger partial charge in [0.15, 0.2) is 12.2 Å². The van der Waals surface area contributed by atoms with Crippen LogP contribution in [-0.4, -0.2) is 35.9 Å². The first-order valence-electron chi connectivity index (χ1n) is 7.34. The molecule has 1 N–H and O–H groups in total. The van der Waals surface area contributed by atoms with Crippen LogP contribution in [0.3, 0.4) is 0 Å². The van der Waals surface area contributed by atoms with Gasteiger partial charge in [0.25, 0.3) is 0 Å². The van der Waals surface area contributed by atoms with Crippen LogP contribution in [0.5, 0.6) is 0 Å². The highest BCUT2D eigenvalue weighted by atomic mass is 16.6. The predicted octanol–water partition coefficient (Wildman–Crippen LogP) is 2.19. The molecule has 1 heterocycles. The Hall–Kier alpha value is -2.66. The van der Waals surface area contributed by atoms with Crippen molar-refractivity contribution in [2.75, 3.05) is 6.61 Å². The predicted molar refractivity (Wildman–Crippen MR) is 82.7 cm³/mol. The third-order valence-corrected chi connectivity index (χ3v) is 3.73. The monoisotopic (exact) mass is 312 g/mol. The first-order valence-corrected chi connectivity index (χ1v) is 7.34. The number of carbonyl (C=O) groups is 2. The fourth-order valence-corrected chi connectivity index (χ4v) is 2.50. The topological polar surface area (TPSA) is 72.8 Å². The standard InChI is InChI=1S/C18H16O5/c19-11-16-15(10-17(20)22-16)23-18(21)14-8-6-13(7-9-14)12-4-2-1-3-5-12/h1-9,15-16,19H,10-11H2/t15-,16+/m0/s1. The maximum absolute atomic E-state index is 12.1. The Morgan fingerprint density at radius 2 is 1.74 bits per heavy atom. The van der Waals surface area contributed by atoms with Crippen LogP contribution >= 0.6 is 0 Å². The van der Waals surface area contributed by atoms with Crippen LogP contribution in [0, 0.1) is 0 Å². The molecule has 2 atom stereocenters. The van der Waals surface area contributed by atoms with E-state index in [4.69, 9.17) is 14.6 Å². The second kappa shape index (κ2) is 6.62. The van der Waals surface area contributed by atoms with Gasteiger partial charge < -0.3 is 14.6 Å². The molecule has 23 heavy (non-hydrogen) atoms. The molecule has 0 radical (unpaired) electrons. The second-order valence-corrected chi connectivity index (χ2v) is 5.30. The Balaban J connectivity index is 1.70. The van der Waals surface area contributed by atoms with Crippen LogP contribution in [0.2, 0.25) is 0 Å². The van der Waals surface area contributed by atoms with Crippen LogP contribution in [0.1, 0.15) is 16.8 Å². The molecular weight excluding hydrogens is 296 g/mol. The Kier molecular flexibility index (Phi) is 4.39. The quantitative estimate of drug-likeness (QED) is 0.876. The van der Waals surface area contributed by atoms with E-state index in [0.717, 1.165) is 11.1 Å². The minimum absolute atomic E-state index is 0.0287. The average Bonchev–Trinajstić information content (AvgIpc) is 2.95. The van der Waals surface area contributed by atoms with Crippen molar-refractivity contribution in [1.82, 2.24) is 0 Å². The highest BCUT2D eigenvalue weighted by Gasteiger charge is 2.37. The number of cyclic esters (lactones) is 1. The van der Waals surface area contributed by atoms with E-state index in [1.54, 1.807) is 12.1 Å². The molecule has 1 saturated heterocycles. The zero-order valence-electron chi connectivity index (χ0n) is 12.3. The van der Waals surface area contributed by atoms with Gasteiger partial charge >= 0.3 is 11.9 Å². The third kappa shape index (κ3) is 3.40. The summed E-state index contributed by atoms with van der Waals surface area (Å²) in [5.74, 6) is -1.01. The second-order valence-electron chi connectivity index (χ2n) is 5.30. The van der Waals surface area contributed by atoms with Gasteiger partial charge in [0.05, 0.1) is 18.6 Å². The van der Waals surface area contributed by atoms with Gasteiger partial charge in [0.2, 0.25) is 0 Å². The maximum Gasteiger partial charge on any atom is 0.338 e. The van der Waals surface area contributed by atoms with E-state index in [9.17, 15) is 9.59 Å². The summed E-state index contributed by atoms with van der Waals surface area (Å²) >= 11 is 0. The maximum atomic E-state index is 12.1. The number of rotatable bonds is 4. The summed E-state index contributed by atoms with van der Waals surface area (Å²) in [6.07, 6.45) is -1.55. The van der Waals surface area contributed by atoms with Gasteiger partial charge in [-0.2, -0.15) is 0 Å². The lowest BCUT2D eigenvalue weighted by molar-refractivity contribution is -0.143. The number of esters is 2. The summed E-state index contributed by atoms with van der Waals surface area (Å²) in [6.45, 7) is -0.364. The molecular formula is C18H16O5. The number of ether oxygens (including phenoxy) is 2. The zero-order chi connectivity index (χ0) is 16.2. The summed E-state index contributed by atoms with van der Waals surface area (Å²) in [5, 5.41) is 9.13. The fraction of sp³-hybridized carbons (Fsp3) is 0.222. The van der Waals surface area contributed by atoms with Crippen molar-refractivity contribution < 1.29 is 24.2 Å². The van der Waals surface area contributed by atoms with Crippen molar-refractivity contribution in [3.05, 3.63) is 60.2 Å². The first-order chi connectivity index (χ1) is 11.2. The smallest absolute Gasteiger partial charge is 0.338 e. The van der Waals surface area contributed by atoms with Crippen molar-refractivity contribution >= 4 is 11.9 Å². The van der Waals surface area contributed by atoms with Gasteiger partial charge in [-0.15, -0.1) is 0 Å². The molecule has 118 valence electrons. The molecule has 2 aromatic carbocycles. The van der Waals surface area contributed by atoms with Crippen LogP contribution < -0.4 is 0 Å². The van der Waals surface area contributed by atoms with E-state index >= 15 is 0 Å². The van der Waals surface area contributed by atoms with Gasteiger partial charge in [-0.05, 0) is 23.3 Å². The molecule has 2 aromatic rings. The SMILES string of the molecule is O=C1C[C@H](OC(=O)c2ccc(-c3ccccc3)cc2)[C@@H](CO)O1. The molecule has 3 rings (SSSR count). The van der Waals surface area contributed by atoms with Gasteiger partial charge in [0.1, 0.15) is 0 Å². The highest BCUT2D eigenvalue weighted by molar-refractivity contribution is 5.90. The third-order valence-electron chi connectivity index (χ3n) is 3.73. The van der Waals surface area contributed by atoms with E-state index in [0.29, 0.717) is 5.56 Å². The summed E-state index contributed by atoms with van der Waals surface area (Å²) in [6, 6.07) is 16.8. The molecule has 0 aromatic heterocycles. The number of aliphatic hydroxyl groups is 1. The van der Waals surface area contributed by atoms with Crippen LogP contribution in [-0.2, 0) is 14.3 Å². The number of aliphatic hydroxyl groups excluding tert-OH is 1. The van der Waals surface area contributed by atoms with Crippen LogP contribution in [0.25, 0.3) is 11.1 Å². The van der Waals surface area contributed by atoms with E-state index < -0.39 is 24.1 Å². The van der Waals surface area contributed by atoms with Crippen molar-refractivity contribution in [3.63, 3.8) is 0 Å². The number of hydrogen-bond donors (Lipinski definition) is 1. The molecule has 1 fully saturated rings. The molecule has 1 aliphatic heterocycles. The largest absolute Gasteiger partial charge is 0.456 e. The van der Waals surface area contributed by atoms with Gasteiger partial charge in [0, 0.05) is 0 Å².